The molecule has 0 aliphatic rings. The highest BCUT2D eigenvalue weighted by Crippen LogP contribution is 2.40. The lowest BCUT2D eigenvalue weighted by molar-refractivity contribution is 0.182. The zero-order valence-corrected chi connectivity index (χ0v) is 10.6. The lowest BCUT2D eigenvalue weighted by Crippen LogP contribution is -2.00. The quantitative estimate of drug-likeness (QED) is 0.923. The maximum absolute atomic E-state index is 9.74. The summed E-state index contributed by atoms with van der Waals surface area (Å²) >= 11 is 3.33. The lowest BCUT2D eigenvalue weighted by Gasteiger charge is -2.15. The maximum atomic E-state index is 9.74. The zero-order valence-electron chi connectivity index (χ0n) is 9.03. The minimum absolute atomic E-state index is 0.0358. The van der Waals surface area contributed by atoms with Crippen molar-refractivity contribution in [3.63, 3.8) is 0 Å². The number of hydrogen-bond donors (Lipinski definition) is 1. The Kier molecular flexibility index (Phi) is 4.59. The topological polar surface area (TPSA) is 62.5 Å². The van der Waals surface area contributed by atoms with Crippen molar-refractivity contribution in [1.82, 2.24) is 0 Å². The molecular formula is C11H12BrNO3. The Bertz CT molecular complexity index is 414. The monoisotopic (exact) mass is 285 g/mol. The fraction of sp³-hybridized carbons (Fsp3) is 0.364. The summed E-state index contributed by atoms with van der Waals surface area (Å²) < 4.78 is 10.9. The van der Waals surface area contributed by atoms with E-state index in [1.165, 1.54) is 14.2 Å². The van der Waals surface area contributed by atoms with Gasteiger partial charge in [-0.15, -0.1) is 0 Å². The predicted octanol–water partition coefficient (Wildman–Crippen LogP) is 2.41. The number of hydrogen-bond acceptors (Lipinski definition) is 4. The van der Waals surface area contributed by atoms with Gasteiger partial charge in [-0.05, 0) is 27.6 Å². The fourth-order valence-electron chi connectivity index (χ4n) is 1.36. The molecule has 86 valence electrons. The highest BCUT2D eigenvalue weighted by atomic mass is 79.9. The van der Waals surface area contributed by atoms with Crippen LogP contribution in [-0.2, 0) is 0 Å². The molecule has 0 aromatic heterocycles. The van der Waals surface area contributed by atoms with Crippen molar-refractivity contribution in [2.45, 2.75) is 12.5 Å². The van der Waals surface area contributed by atoms with Gasteiger partial charge in [0.2, 0.25) is 0 Å². The number of rotatable bonds is 4. The molecule has 0 radical (unpaired) electrons. The van der Waals surface area contributed by atoms with E-state index in [0.717, 1.165) is 0 Å². The Hall–Kier alpha value is -1.25. The van der Waals surface area contributed by atoms with Gasteiger partial charge < -0.3 is 14.6 Å². The first-order chi connectivity index (χ1) is 7.65. The second-order valence-electron chi connectivity index (χ2n) is 3.08. The molecule has 5 heteroatoms. The van der Waals surface area contributed by atoms with Crippen molar-refractivity contribution >= 4 is 15.9 Å². The van der Waals surface area contributed by atoms with Crippen LogP contribution in [0.3, 0.4) is 0 Å². The Morgan fingerprint density at radius 3 is 2.62 bits per heavy atom. The molecule has 1 rings (SSSR count). The van der Waals surface area contributed by atoms with Crippen LogP contribution in [0.2, 0.25) is 0 Å². The second kappa shape index (κ2) is 5.73. The number of aliphatic hydroxyl groups is 1. The fourth-order valence-corrected chi connectivity index (χ4v) is 2.11. The molecule has 1 atom stereocenters. The van der Waals surface area contributed by atoms with E-state index in [4.69, 9.17) is 14.7 Å². The van der Waals surface area contributed by atoms with E-state index >= 15 is 0 Å². The summed E-state index contributed by atoms with van der Waals surface area (Å²) in [5, 5.41) is 18.3. The van der Waals surface area contributed by atoms with Gasteiger partial charge in [-0.2, -0.15) is 5.26 Å². The third-order valence-corrected chi connectivity index (χ3v) is 2.98. The third kappa shape index (κ3) is 2.46. The van der Waals surface area contributed by atoms with Crippen LogP contribution in [0.15, 0.2) is 16.6 Å². The third-order valence-electron chi connectivity index (χ3n) is 2.16. The average Bonchev–Trinajstić information content (AvgIpc) is 2.28. The van der Waals surface area contributed by atoms with Crippen LogP contribution in [0, 0.1) is 11.3 Å². The second-order valence-corrected chi connectivity index (χ2v) is 3.88. The minimum Gasteiger partial charge on any atom is -0.493 e. The first kappa shape index (κ1) is 12.8. The Labute approximate surface area is 103 Å². The highest BCUT2D eigenvalue weighted by molar-refractivity contribution is 9.10. The molecule has 0 amide bonds. The van der Waals surface area contributed by atoms with E-state index in [2.05, 4.69) is 15.9 Å². The number of nitrogens with zero attached hydrogens (tertiary/aromatic N) is 1. The number of ether oxygens (including phenoxy) is 2. The number of nitriles is 1. The van der Waals surface area contributed by atoms with Crippen LogP contribution < -0.4 is 9.47 Å². The summed E-state index contributed by atoms with van der Waals surface area (Å²) in [7, 11) is 3.05. The van der Waals surface area contributed by atoms with Crippen molar-refractivity contribution in [2.24, 2.45) is 0 Å². The average molecular weight is 286 g/mol. The normalized spacial score (nSPS) is 11.7. The summed E-state index contributed by atoms with van der Waals surface area (Å²) in [5.41, 5.74) is 0.610. The van der Waals surface area contributed by atoms with Crippen LogP contribution >= 0.6 is 15.9 Å². The zero-order chi connectivity index (χ0) is 12.1. The Balaban J connectivity index is 3.19. The molecule has 0 fully saturated rings. The van der Waals surface area contributed by atoms with E-state index in [1.54, 1.807) is 12.1 Å². The summed E-state index contributed by atoms with van der Waals surface area (Å²) in [6.07, 6.45) is -0.798. The van der Waals surface area contributed by atoms with Gasteiger partial charge in [0.05, 0.1) is 37.3 Å². The standard InChI is InChI=1S/C11H12BrNO3/c1-15-9-4-3-7(8(14)5-6-13)10(12)11(9)16-2/h3-4,8,14H,5H2,1-2H3. The number of benzene rings is 1. The van der Waals surface area contributed by atoms with Gasteiger partial charge in [0.25, 0.3) is 0 Å². The van der Waals surface area contributed by atoms with Crippen molar-refractivity contribution in [3.05, 3.63) is 22.2 Å². The van der Waals surface area contributed by atoms with E-state index in [9.17, 15) is 5.11 Å². The molecule has 0 aliphatic heterocycles. The van der Waals surface area contributed by atoms with Crippen LogP contribution in [-0.4, -0.2) is 19.3 Å². The Morgan fingerprint density at radius 1 is 1.44 bits per heavy atom. The lowest BCUT2D eigenvalue weighted by atomic mass is 10.1. The molecule has 1 unspecified atom stereocenters. The molecular weight excluding hydrogens is 274 g/mol. The van der Waals surface area contributed by atoms with Crippen molar-refractivity contribution < 1.29 is 14.6 Å². The van der Waals surface area contributed by atoms with Gasteiger partial charge in [-0.25, -0.2) is 0 Å². The van der Waals surface area contributed by atoms with Crippen molar-refractivity contribution in [3.8, 4) is 17.6 Å². The first-order valence-corrected chi connectivity index (χ1v) is 5.40. The summed E-state index contributed by atoms with van der Waals surface area (Å²) in [6, 6.07) is 5.31. The Morgan fingerprint density at radius 2 is 2.12 bits per heavy atom. The number of aliphatic hydroxyl groups excluding tert-OH is 1. The minimum atomic E-state index is -0.834. The number of methoxy groups -OCH3 is 2. The summed E-state index contributed by atoms with van der Waals surface area (Å²) in [5.74, 6) is 1.08. The van der Waals surface area contributed by atoms with Gasteiger partial charge in [0.15, 0.2) is 11.5 Å². The molecule has 1 N–H and O–H groups in total. The van der Waals surface area contributed by atoms with E-state index in [0.29, 0.717) is 21.5 Å². The van der Waals surface area contributed by atoms with Gasteiger partial charge in [-0.3, -0.25) is 0 Å². The van der Waals surface area contributed by atoms with Crippen LogP contribution in [0.25, 0.3) is 0 Å². The molecule has 0 saturated heterocycles. The number of halogens is 1. The van der Waals surface area contributed by atoms with Crippen LogP contribution in [0.5, 0.6) is 11.5 Å². The van der Waals surface area contributed by atoms with E-state index < -0.39 is 6.10 Å². The van der Waals surface area contributed by atoms with E-state index in [1.807, 2.05) is 6.07 Å². The maximum Gasteiger partial charge on any atom is 0.175 e. The molecule has 0 bridgehead atoms. The molecule has 0 heterocycles. The van der Waals surface area contributed by atoms with E-state index in [-0.39, 0.29) is 6.42 Å². The van der Waals surface area contributed by atoms with Crippen LogP contribution in [0.4, 0.5) is 0 Å². The van der Waals surface area contributed by atoms with Gasteiger partial charge >= 0.3 is 0 Å². The largest absolute Gasteiger partial charge is 0.493 e. The molecule has 0 aliphatic carbocycles. The van der Waals surface area contributed by atoms with Crippen LogP contribution in [0.1, 0.15) is 18.1 Å². The predicted molar refractivity (Wildman–Crippen MR) is 62.4 cm³/mol. The molecule has 4 nitrogen and oxygen atoms in total. The molecule has 1 aromatic rings. The van der Waals surface area contributed by atoms with Gasteiger partial charge in [-0.1, -0.05) is 6.07 Å². The summed E-state index contributed by atoms with van der Waals surface area (Å²) in [6.45, 7) is 0. The first-order valence-electron chi connectivity index (χ1n) is 4.61. The molecule has 16 heavy (non-hydrogen) atoms. The SMILES string of the molecule is COc1ccc(C(O)CC#N)c(Br)c1OC. The molecule has 1 aromatic carbocycles. The highest BCUT2D eigenvalue weighted by Gasteiger charge is 2.17. The molecule has 0 spiro atoms. The smallest absolute Gasteiger partial charge is 0.175 e. The summed E-state index contributed by atoms with van der Waals surface area (Å²) in [4.78, 5) is 0. The van der Waals surface area contributed by atoms with Gasteiger partial charge in [0, 0.05) is 0 Å². The van der Waals surface area contributed by atoms with Crippen molar-refractivity contribution in [2.75, 3.05) is 14.2 Å². The van der Waals surface area contributed by atoms with Gasteiger partial charge in [0.1, 0.15) is 0 Å². The van der Waals surface area contributed by atoms with Crippen molar-refractivity contribution in [1.29, 1.82) is 5.26 Å². The molecule has 0 saturated carbocycles.